The van der Waals surface area contributed by atoms with Crippen LogP contribution < -0.4 is 5.73 Å². The first-order chi connectivity index (χ1) is 5.85. The summed E-state index contributed by atoms with van der Waals surface area (Å²) in [6.07, 6.45) is 3.28. The summed E-state index contributed by atoms with van der Waals surface area (Å²) in [6.45, 7) is 3.87. The summed E-state index contributed by atoms with van der Waals surface area (Å²) in [5, 5.41) is 4.45. The maximum Gasteiger partial charge on any atom is 0.0658 e. The minimum absolute atomic E-state index is 0.655. The Kier molecular flexibility index (Phi) is 1.89. The van der Waals surface area contributed by atoms with Crippen molar-refractivity contribution in [3.8, 4) is 0 Å². The van der Waals surface area contributed by atoms with E-state index in [0.717, 1.165) is 13.1 Å². The quantitative estimate of drug-likeness (QED) is 0.725. The van der Waals surface area contributed by atoms with E-state index in [-0.39, 0.29) is 0 Å². The molecular weight excluding hydrogens is 150 g/mol. The highest BCUT2D eigenvalue weighted by Gasteiger charge is 2.38. The smallest absolute Gasteiger partial charge is 0.0658 e. The third-order valence-electron chi connectivity index (χ3n) is 2.59. The number of hydrogen-bond acceptors (Lipinski definition) is 2. The summed E-state index contributed by atoms with van der Waals surface area (Å²) in [5.74, 6) is 1.35. The van der Waals surface area contributed by atoms with Gasteiger partial charge in [0.25, 0.3) is 0 Å². The SMILES string of the molecule is CCn1ccc([C@@H]2C[C@H]2CN)n1. The molecule has 0 bridgehead atoms. The van der Waals surface area contributed by atoms with E-state index in [0.29, 0.717) is 11.8 Å². The highest BCUT2D eigenvalue weighted by molar-refractivity contribution is 5.16. The fraction of sp³-hybridized carbons (Fsp3) is 0.667. The van der Waals surface area contributed by atoms with Crippen LogP contribution in [-0.4, -0.2) is 16.3 Å². The molecule has 1 aliphatic carbocycles. The summed E-state index contributed by atoms with van der Waals surface area (Å²) in [7, 11) is 0. The molecule has 1 saturated carbocycles. The van der Waals surface area contributed by atoms with Gasteiger partial charge < -0.3 is 5.73 Å². The summed E-state index contributed by atoms with van der Waals surface area (Å²) in [5.41, 5.74) is 6.80. The van der Waals surface area contributed by atoms with Crippen LogP contribution in [0.4, 0.5) is 0 Å². The molecule has 3 heteroatoms. The number of aromatic nitrogens is 2. The molecule has 12 heavy (non-hydrogen) atoms. The van der Waals surface area contributed by atoms with E-state index in [1.54, 1.807) is 0 Å². The fourth-order valence-electron chi connectivity index (χ4n) is 1.62. The molecule has 1 fully saturated rings. The van der Waals surface area contributed by atoms with E-state index < -0.39 is 0 Å². The van der Waals surface area contributed by atoms with E-state index >= 15 is 0 Å². The normalized spacial score (nSPS) is 27.5. The zero-order valence-electron chi connectivity index (χ0n) is 7.40. The second-order valence-electron chi connectivity index (χ2n) is 3.43. The van der Waals surface area contributed by atoms with Gasteiger partial charge >= 0.3 is 0 Å². The number of nitrogens with two attached hydrogens (primary N) is 1. The summed E-state index contributed by atoms with van der Waals surface area (Å²) < 4.78 is 1.97. The molecule has 1 aromatic rings. The summed E-state index contributed by atoms with van der Waals surface area (Å²) in [6, 6.07) is 2.11. The van der Waals surface area contributed by atoms with Crippen LogP contribution in [0.2, 0.25) is 0 Å². The highest BCUT2D eigenvalue weighted by atomic mass is 15.3. The topological polar surface area (TPSA) is 43.8 Å². The zero-order valence-corrected chi connectivity index (χ0v) is 7.40. The third-order valence-corrected chi connectivity index (χ3v) is 2.59. The van der Waals surface area contributed by atoms with Crippen molar-refractivity contribution >= 4 is 0 Å². The van der Waals surface area contributed by atoms with Crippen LogP contribution in [0, 0.1) is 5.92 Å². The van der Waals surface area contributed by atoms with Gasteiger partial charge in [-0.15, -0.1) is 0 Å². The van der Waals surface area contributed by atoms with Gasteiger partial charge in [0, 0.05) is 18.7 Å². The molecule has 1 aromatic heterocycles. The predicted molar refractivity (Wildman–Crippen MR) is 47.8 cm³/mol. The van der Waals surface area contributed by atoms with Crippen LogP contribution in [0.5, 0.6) is 0 Å². The van der Waals surface area contributed by atoms with Gasteiger partial charge in [0.2, 0.25) is 0 Å². The lowest BCUT2D eigenvalue weighted by molar-refractivity contribution is 0.642. The van der Waals surface area contributed by atoms with Crippen molar-refractivity contribution in [3.63, 3.8) is 0 Å². The Morgan fingerprint density at radius 1 is 1.75 bits per heavy atom. The summed E-state index contributed by atoms with van der Waals surface area (Å²) >= 11 is 0. The Hall–Kier alpha value is -0.830. The molecule has 0 spiro atoms. The van der Waals surface area contributed by atoms with E-state index in [9.17, 15) is 0 Å². The average molecular weight is 165 g/mol. The van der Waals surface area contributed by atoms with Crippen LogP contribution in [0.1, 0.15) is 25.0 Å². The Balaban J connectivity index is 2.05. The Morgan fingerprint density at radius 2 is 2.58 bits per heavy atom. The number of hydrogen-bond donors (Lipinski definition) is 1. The first-order valence-corrected chi connectivity index (χ1v) is 4.58. The van der Waals surface area contributed by atoms with Crippen LogP contribution in [0.15, 0.2) is 12.3 Å². The third kappa shape index (κ3) is 1.25. The minimum Gasteiger partial charge on any atom is -0.330 e. The van der Waals surface area contributed by atoms with Crippen molar-refractivity contribution in [3.05, 3.63) is 18.0 Å². The average Bonchev–Trinajstić information content (AvgIpc) is 2.75. The molecule has 3 nitrogen and oxygen atoms in total. The second-order valence-corrected chi connectivity index (χ2v) is 3.43. The van der Waals surface area contributed by atoms with Crippen molar-refractivity contribution < 1.29 is 0 Å². The number of rotatable bonds is 3. The molecule has 0 aliphatic heterocycles. The van der Waals surface area contributed by atoms with Gasteiger partial charge in [0.15, 0.2) is 0 Å². The van der Waals surface area contributed by atoms with Crippen LogP contribution >= 0.6 is 0 Å². The highest BCUT2D eigenvalue weighted by Crippen LogP contribution is 2.45. The largest absolute Gasteiger partial charge is 0.330 e. The van der Waals surface area contributed by atoms with Crippen molar-refractivity contribution in [2.45, 2.75) is 25.8 Å². The fourth-order valence-corrected chi connectivity index (χ4v) is 1.62. The summed E-state index contributed by atoms with van der Waals surface area (Å²) in [4.78, 5) is 0. The molecule has 0 aromatic carbocycles. The predicted octanol–water partition coefficient (Wildman–Crippen LogP) is 0.965. The molecule has 0 saturated heterocycles. The molecule has 2 N–H and O–H groups in total. The molecule has 2 rings (SSSR count). The molecular formula is C9H15N3. The van der Waals surface area contributed by atoms with Gasteiger partial charge in [0.1, 0.15) is 0 Å². The van der Waals surface area contributed by atoms with Crippen molar-refractivity contribution in [1.82, 2.24) is 9.78 Å². The standard InChI is InChI=1S/C9H15N3/c1-2-12-4-3-9(11-12)8-5-7(8)6-10/h3-4,7-8H,2,5-6,10H2,1H3/t7-,8+/m0/s1. The van der Waals surface area contributed by atoms with Gasteiger partial charge in [-0.05, 0) is 31.9 Å². The Bertz CT molecular complexity index is 266. The van der Waals surface area contributed by atoms with Crippen molar-refractivity contribution in [2.75, 3.05) is 6.54 Å². The van der Waals surface area contributed by atoms with Gasteiger partial charge in [-0.25, -0.2) is 0 Å². The first kappa shape index (κ1) is 7.80. The van der Waals surface area contributed by atoms with Gasteiger partial charge in [-0.1, -0.05) is 0 Å². The van der Waals surface area contributed by atoms with E-state index in [1.165, 1.54) is 12.1 Å². The lowest BCUT2D eigenvalue weighted by atomic mass is 10.2. The molecule has 1 aliphatic rings. The van der Waals surface area contributed by atoms with Crippen LogP contribution in [-0.2, 0) is 6.54 Å². The monoisotopic (exact) mass is 165 g/mol. The Labute approximate surface area is 72.6 Å². The lowest BCUT2D eigenvalue weighted by Gasteiger charge is -1.93. The van der Waals surface area contributed by atoms with E-state index in [4.69, 9.17) is 5.73 Å². The molecule has 2 atom stereocenters. The van der Waals surface area contributed by atoms with E-state index in [2.05, 4.69) is 18.1 Å². The molecule has 0 amide bonds. The molecule has 0 radical (unpaired) electrons. The second kappa shape index (κ2) is 2.90. The van der Waals surface area contributed by atoms with Gasteiger partial charge in [0.05, 0.1) is 5.69 Å². The first-order valence-electron chi connectivity index (χ1n) is 4.58. The maximum atomic E-state index is 5.57. The molecule has 66 valence electrons. The minimum atomic E-state index is 0.655. The Morgan fingerprint density at radius 3 is 3.08 bits per heavy atom. The van der Waals surface area contributed by atoms with Gasteiger partial charge in [-0.3, -0.25) is 4.68 Å². The maximum absolute atomic E-state index is 5.57. The number of aryl methyl sites for hydroxylation is 1. The van der Waals surface area contributed by atoms with E-state index in [1.807, 2.05) is 10.9 Å². The van der Waals surface area contributed by atoms with Crippen LogP contribution in [0.3, 0.4) is 0 Å². The van der Waals surface area contributed by atoms with Crippen LogP contribution in [0.25, 0.3) is 0 Å². The number of nitrogens with zero attached hydrogens (tertiary/aromatic N) is 2. The zero-order chi connectivity index (χ0) is 8.55. The van der Waals surface area contributed by atoms with Crippen molar-refractivity contribution in [2.24, 2.45) is 11.7 Å². The van der Waals surface area contributed by atoms with Gasteiger partial charge in [-0.2, -0.15) is 5.10 Å². The molecule has 0 unspecified atom stereocenters. The molecule has 1 heterocycles. The lowest BCUT2D eigenvalue weighted by Crippen LogP contribution is -2.02. The van der Waals surface area contributed by atoms with Crippen molar-refractivity contribution in [1.29, 1.82) is 0 Å².